The second-order valence-electron chi connectivity index (χ2n) is 4.71. The van der Waals surface area contributed by atoms with Crippen LogP contribution >= 0.6 is 0 Å². The van der Waals surface area contributed by atoms with E-state index >= 15 is 0 Å². The van der Waals surface area contributed by atoms with Crippen molar-refractivity contribution in [2.45, 2.75) is 44.1 Å². The van der Waals surface area contributed by atoms with Crippen molar-refractivity contribution in [1.82, 2.24) is 5.32 Å². The zero-order valence-corrected chi connectivity index (χ0v) is 10.5. The van der Waals surface area contributed by atoms with Crippen LogP contribution in [0.2, 0.25) is 0 Å². The molecule has 0 atom stereocenters. The van der Waals surface area contributed by atoms with Crippen molar-refractivity contribution in [3.63, 3.8) is 0 Å². The smallest absolute Gasteiger partial charge is 0.303 e. The minimum atomic E-state index is -0.852. The van der Waals surface area contributed by atoms with Gasteiger partial charge < -0.3 is 20.3 Å². The predicted molar refractivity (Wildman–Crippen MR) is 64.1 cm³/mol. The lowest BCUT2D eigenvalue weighted by Crippen LogP contribution is -2.46. The number of hydrogen-bond donors (Lipinski definition) is 3. The number of carboxylic acids is 1. The highest BCUT2D eigenvalue weighted by Gasteiger charge is 2.29. The maximum atomic E-state index is 11.5. The van der Waals surface area contributed by atoms with Crippen LogP contribution in [0.15, 0.2) is 0 Å². The molecule has 0 aliphatic carbocycles. The highest BCUT2D eigenvalue weighted by atomic mass is 16.5. The third kappa shape index (κ3) is 5.97. The summed E-state index contributed by atoms with van der Waals surface area (Å²) in [5.74, 6) is -0.979. The lowest BCUT2D eigenvalue weighted by atomic mass is 9.94. The number of unbranched alkanes of at least 4 members (excludes halogenated alkanes) is 1. The van der Waals surface area contributed by atoms with Crippen LogP contribution in [0.1, 0.15) is 38.5 Å². The Morgan fingerprint density at radius 2 is 1.78 bits per heavy atom. The van der Waals surface area contributed by atoms with E-state index in [0.717, 1.165) is 0 Å². The first kappa shape index (κ1) is 14.9. The summed E-state index contributed by atoms with van der Waals surface area (Å²) >= 11 is 0. The Morgan fingerprint density at radius 3 is 2.39 bits per heavy atom. The molecule has 0 radical (unpaired) electrons. The molecular weight excluding hydrogens is 238 g/mol. The Hall–Kier alpha value is -1.14. The predicted octanol–water partition coefficient (Wildman–Crippen LogP) is 0.289. The van der Waals surface area contributed by atoms with E-state index in [2.05, 4.69) is 5.32 Å². The summed E-state index contributed by atoms with van der Waals surface area (Å²) in [6.07, 6.45) is 2.52. The van der Waals surface area contributed by atoms with Gasteiger partial charge in [-0.25, -0.2) is 0 Å². The number of ether oxygens (including phenoxy) is 1. The zero-order valence-electron chi connectivity index (χ0n) is 10.5. The van der Waals surface area contributed by atoms with Gasteiger partial charge in [-0.15, -0.1) is 0 Å². The van der Waals surface area contributed by atoms with Gasteiger partial charge in [0, 0.05) is 45.4 Å². The van der Waals surface area contributed by atoms with E-state index in [0.29, 0.717) is 45.3 Å². The summed E-state index contributed by atoms with van der Waals surface area (Å²) in [5, 5.41) is 21.2. The molecule has 0 bridgehead atoms. The third-order valence-corrected chi connectivity index (χ3v) is 3.08. The number of amides is 1. The van der Waals surface area contributed by atoms with E-state index in [9.17, 15) is 14.7 Å². The van der Waals surface area contributed by atoms with Crippen molar-refractivity contribution in [2.24, 2.45) is 0 Å². The van der Waals surface area contributed by atoms with Crippen LogP contribution < -0.4 is 5.32 Å². The van der Waals surface area contributed by atoms with E-state index in [1.807, 2.05) is 0 Å². The lowest BCUT2D eigenvalue weighted by molar-refractivity contribution is -0.137. The van der Waals surface area contributed by atoms with Crippen molar-refractivity contribution in [3.05, 3.63) is 0 Å². The topological polar surface area (TPSA) is 95.9 Å². The van der Waals surface area contributed by atoms with E-state index in [4.69, 9.17) is 9.84 Å². The van der Waals surface area contributed by atoms with Gasteiger partial charge in [-0.2, -0.15) is 0 Å². The number of aliphatic carboxylic acids is 1. The second kappa shape index (κ2) is 7.33. The van der Waals surface area contributed by atoms with Crippen molar-refractivity contribution >= 4 is 11.9 Å². The normalized spacial score (nSPS) is 18.3. The van der Waals surface area contributed by atoms with Crippen LogP contribution in [-0.4, -0.2) is 47.4 Å². The van der Waals surface area contributed by atoms with Gasteiger partial charge in [0.15, 0.2) is 0 Å². The number of nitrogens with one attached hydrogen (secondary N) is 1. The van der Waals surface area contributed by atoms with Crippen LogP contribution in [0.5, 0.6) is 0 Å². The summed E-state index contributed by atoms with van der Waals surface area (Å²) in [7, 11) is 0. The number of carbonyl (C=O) groups excluding carboxylic acids is 1. The summed E-state index contributed by atoms with van der Waals surface area (Å²) in [6.45, 7) is 1.28. The van der Waals surface area contributed by atoms with E-state index in [1.165, 1.54) is 0 Å². The van der Waals surface area contributed by atoms with Gasteiger partial charge in [0.2, 0.25) is 5.91 Å². The third-order valence-electron chi connectivity index (χ3n) is 3.08. The Kier molecular flexibility index (Phi) is 6.07. The number of carboxylic acid groups (broad SMARTS) is 1. The molecule has 1 amide bonds. The van der Waals surface area contributed by atoms with Gasteiger partial charge in [0.05, 0.1) is 5.60 Å². The molecule has 0 unspecified atom stereocenters. The Bertz CT molecular complexity index is 286. The molecule has 1 saturated heterocycles. The molecule has 0 aromatic carbocycles. The fraction of sp³-hybridized carbons (Fsp3) is 0.833. The Labute approximate surface area is 106 Å². The quantitative estimate of drug-likeness (QED) is 0.571. The minimum absolute atomic E-state index is 0.0918. The molecule has 0 aromatic heterocycles. The summed E-state index contributed by atoms with van der Waals surface area (Å²) in [6, 6.07) is 0. The van der Waals surface area contributed by atoms with Crippen molar-refractivity contribution in [2.75, 3.05) is 19.8 Å². The van der Waals surface area contributed by atoms with Gasteiger partial charge in [-0.1, -0.05) is 0 Å². The molecule has 1 fully saturated rings. The van der Waals surface area contributed by atoms with Crippen LogP contribution in [0.3, 0.4) is 0 Å². The number of aliphatic hydroxyl groups is 1. The van der Waals surface area contributed by atoms with E-state index in [1.54, 1.807) is 0 Å². The summed E-state index contributed by atoms with van der Waals surface area (Å²) in [4.78, 5) is 21.7. The average Bonchev–Trinajstić information content (AvgIpc) is 2.33. The molecule has 1 aliphatic rings. The molecule has 1 aliphatic heterocycles. The van der Waals surface area contributed by atoms with Crippen molar-refractivity contribution < 1.29 is 24.5 Å². The van der Waals surface area contributed by atoms with Gasteiger partial charge in [0.25, 0.3) is 0 Å². The van der Waals surface area contributed by atoms with Crippen LogP contribution in [-0.2, 0) is 14.3 Å². The maximum absolute atomic E-state index is 11.5. The minimum Gasteiger partial charge on any atom is -0.481 e. The zero-order chi connectivity index (χ0) is 13.4. The summed E-state index contributed by atoms with van der Waals surface area (Å²) < 4.78 is 5.15. The van der Waals surface area contributed by atoms with Gasteiger partial charge >= 0.3 is 5.97 Å². The van der Waals surface area contributed by atoms with Crippen LogP contribution in [0.4, 0.5) is 0 Å². The second-order valence-corrected chi connectivity index (χ2v) is 4.71. The highest BCUT2D eigenvalue weighted by Crippen LogP contribution is 2.19. The Balaban J connectivity index is 2.10. The van der Waals surface area contributed by atoms with Crippen molar-refractivity contribution in [1.29, 1.82) is 0 Å². The molecule has 0 aromatic rings. The van der Waals surface area contributed by atoms with Gasteiger partial charge in [-0.3, -0.25) is 9.59 Å². The van der Waals surface area contributed by atoms with E-state index in [-0.39, 0.29) is 18.9 Å². The SMILES string of the molecule is O=C(O)CCCCC(=O)NCC1(O)CCOCC1. The molecule has 6 nitrogen and oxygen atoms in total. The Morgan fingerprint density at radius 1 is 1.17 bits per heavy atom. The largest absolute Gasteiger partial charge is 0.481 e. The van der Waals surface area contributed by atoms with E-state index < -0.39 is 11.6 Å². The van der Waals surface area contributed by atoms with Crippen molar-refractivity contribution in [3.8, 4) is 0 Å². The van der Waals surface area contributed by atoms with Gasteiger partial charge in [0.1, 0.15) is 0 Å². The standard InChI is InChI=1S/C12H21NO5/c14-10(3-1-2-4-11(15)16)13-9-12(17)5-7-18-8-6-12/h17H,1-9H2,(H,13,14)(H,15,16). The number of carbonyl (C=O) groups is 2. The van der Waals surface area contributed by atoms with Gasteiger partial charge in [-0.05, 0) is 12.8 Å². The first-order valence-corrected chi connectivity index (χ1v) is 6.30. The molecule has 104 valence electrons. The average molecular weight is 259 g/mol. The lowest BCUT2D eigenvalue weighted by Gasteiger charge is -2.32. The molecular formula is C12H21NO5. The number of hydrogen-bond acceptors (Lipinski definition) is 4. The fourth-order valence-electron chi connectivity index (χ4n) is 1.84. The summed E-state index contributed by atoms with van der Waals surface area (Å²) in [5.41, 5.74) is -0.852. The molecule has 6 heteroatoms. The van der Waals surface area contributed by atoms with Crippen LogP contribution in [0, 0.1) is 0 Å². The highest BCUT2D eigenvalue weighted by molar-refractivity contribution is 5.76. The first-order chi connectivity index (χ1) is 8.52. The first-order valence-electron chi connectivity index (χ1n) is 6.30. The fourth-order valence-corrected chi connectivity index (χ4v) is 1.84. The molecule has 18 heavy (non-hydrogen) atoms. The molecule has 0 spiro atoms. The molecule has 1 rings (SSSR count). The van der Waals surface area contributed by atoms with Crippen LogP contribution in [0.25, 0.3) is 0 Å². The number of rotatable bonds is 7. The molecule has 3 N–H and O–H groups in total. The molecule has 1 heterocycles. The monoisotopic (exact) mass is 259 g/mol. The maximum Gasteiger partial charge on any atom is 0.303 e. The molecule has 0 saturated carbocycles.